The van der Waals surface area contributed by atoms with E-state index in [2.05, 4.69) is 4.72 Å². The van der Waals surface area contributed by atoms with Crippen molar-refractivity contribution in [2.24, 2.45) is 0 Å². The largest absolute Gasteiger partial charge is 0.468 e. The van der Waals surface area contributed by atoms with Crippen molar-refractivity contribution in [1.29, 1.82) is 0 Å². The van der Waals surface area contributed by atoms with Crippen molar-refractivity contribution < 1.29 is 17.6 Å². The minimum absolute atomic E-state index is 0.0881. The number of carbonyl (C=O) groups is 1. The zero-order chi connectivity index (χ0) is 13.0. The van der Waals surface area contributed by atoms with Crippen molar-refractivity contribution in [3.05, 3.63) is 54.0 Å². The Morgan fingerprint density at radius 1 is 1.17 bits per heavy atom. The molecule has 1 heterocycles. The lowest BCUT2D eigenvalue weighted by atomic mass is 10.2. The second-order valence-electron chi connectivity index (χ2n) is 3.59. The van der Waals surface area contributed by atoms with E-state index in [4.69, 9.17) is 4.42 Å². The van der Waals surface area contributed by atoms with Gasteiger partial charge < -0.3 is 4.42 Å². The number of aldehydes is 1. The lowest BCUT2D eigenvalue weighted by Crippen LogP contribution is -2.22. The van der Waals surface area contributed by atoms with Gasteiger partial charge in [-0.3, -0.25) is 4.79 Å². The van der Waals surface area contributed by atoms with E-state index in [9.17, 15) is 13.2 Å². The molecule has 0 aliphatic rings. The number of hydrogen-bond acceptors (Lipinski definition) is 4. The molecule has 0 aliphatic heterocycles. The highest BCUT2D eigenvalue weighted by Gasteiger charge is 2.13. The molecule has 0 radical (unpaired) electrons. The van der Waals surface area contributed by atoms with E-state index in [0.29, 0.717) is 17.6 Å². The van der Waals surface area contributed by atoms with Crippen molar-refractivity contribution >= 4 is 16.3 Å². The van der Waals surface area contributed by atoms with Crippen molar-refractivity contribution in [3.8, 4) is 0 Å². The molecule has 0 spiro atoms. The van der Waals surface area contributed by atoms with Gasteiger partial charge in [0.2, 0.25) is 10.0 Å². The average molecular weight is 265 g/mol. The van der Waals surface area contributed by atoms with Crippen molar-refractivity contribution in [2.45, 2.75) is 11.4 Å². The van der Waals surface area contributed by atoms with E-state index in [1.165, 1.54) is 30.5 Å². The predicted molar refractivity (Wildman–Crippen MR) is 64.6 cm³/mol. The maximum atomic E-state index is 11.9. The first-order valence-corrected chi connectivity index (χ1v) is 6.67. The number of carbonyl (C=O) groups excluding carboxylic acids is 1. The van der Waals surface area contributed by atoms with E-state index in [0.717, 1.165) is 0 Å². The van der Waals surface area contributed by atoms with Crippen molar-refractivity contribution in [2.75, 3.05) is 0 Å². The van der Waals surface area contributed by atoms with Gasteiger partial charge in [0.25, 0.3) is 0 Å². The van der Waals surface area contributed by atoms with E-state index in [1.54, 1.807) is 12.1 Å². The van der Waals surface area contributed by atoms with Gasteiger partial charge in [-0.05, 0) is 24.3 Å². The van der Waals surface area contributed by atoms with Crippen LogP contribution < -0.4 is 4.72 Å². The summed E-state index contributed by atoms with van der Waals surface area (Å²) in [6.45, 7) is 0.0881. The maximum Gasteiger partial charge on any atom is 0.240 e. The van der Waals surface area contributed by atoms with Crippen LogP contribution in [-0.4, -0.2) is 14.7 Å². The zero-order valence-electron chi connectivity index (χ0n) is 9.37. The molecule has 1 aromatic heterocycles. The molecular weight excluding hydrogens is 254 g/mol. The Labute approximate surface area is 104 Å². The molecular formula is C12H11NO4S. The molecule has 0 saturated heterocycles. The van der Waals surface area contributed by atoms with E-state index < -0.39 is 10.0 Å². The molecule has 0 fully saturated rings. The number of rotatable bonds is 5. The Morgan fingerprint density at radius 3 is 2.44 bits per heavy atom. The summed E-state index contributed by atoms with van der Waals surface area (Å²) >= 11 is 0. The van der Waals surface area contributed by atoms with Crippen LogP contribution in [-0.2, 0) is 16.6 Å². The van der Waals surface area contributed by atoms with E-state index in [-0.39, 0.29) is 11.4 Å². The van der Waals surface area contributed by atoms with Crippen LogP contribution in [0.1, 0.15) is 16.1 Å². The Balaban J connectivity index is 2.12. The van der Waals surface area contributed by atoms with Crippen LogP contribution in [0.5, 0.6) is 0 Å². The Kier molecular flexibility index (Phi) is 3.59. The summed E-state index contributed by atoms with van der Waals surface area (Å²) in [6.07, 6.45) is 2.13. The van der Waals surface area contributed by atoms with Crippen LogP contribution in [0.2, 0.25) is 0 Å². The lowest BCUT2D eigenvalue weighted by Gasteiger charge is -2.05. The van der Waals surface area contributed by atoms with Gasteiger partial charge in [-0.15, -0.1) is 0 Å². The summed E-state index contributed by atoms with van der Waals surface area (Å²) in [5.41, 5.74) is 0.431. The normalized spacial score (nSPS) is 11.3. The number of benzene rings is 1. The molecule has 5 nitrogen and oxygen atoms in total. The summed E-state index contributed by atoms with van der Waals surface area (Å²) in [5, 5.41) is 0. The van der Waals surface area contributed by atoms with Gasteiger partial charge in [-0.25, -0.2) is 13.1 Å². The van der Waals surface area contributed by atoms with Gasteiger partial charge >= 0.3 is 0 Å². The van der Waals surface area contributed by atoms with Gasteiger partial charge in [-0.1, -0.05) is 12.1 Å². The van der Waals surface area contributed by atoms with E-state index in [1.807, 2.05) is 0 Å². The summed E-state index contributed by atoms with van der Waals surface area (Å²) in [7, 11) is -3.59. The van der Waals surface area contributed by atoms with Crippen LogP contribution in [0.15, 0.2) is 52.0 Å². The molecule has 18 heavy (non-hydrogen) atoms. The molecule has 0 amide bonds. The molecule has 94 valence electrons. The van der Waals surface area contributed by atoms with Gasteiger partial charge in [0.05, 0.1) is 17.7 Å². The minimum Gasteiger partial charge on any atom is -0.468 e. The fraction of sp³-hybridized carbons (Fsp3) is 0.0833. The number of nitrogens with one attached hydrogen (secondary N) is 1. The van der Waals surface area contributed by atoms with Crippen molar-refractivity contribution in [1.82, 2.24) is 4.72 Å². The van der Waals surface area contributed by atoms with Crippen LogP contribution in [0.25, 0.3) is 0 Å². The smallest absolute Gasteiger partial charge is 0.240 e. The highest BCUT2D eigenvalue weighted by molar-refractivity contribution is 7.89. The highest BCUT2D eigenvalue weighted by atomic mass is 32.2. The first-order chi connectivity index (χ1) is 8.62. The number of furan rings is 1. The highest BCUT2D eigenvalue weighted by Crippen LogP contribution is 2.10. The maximum absolute atomic E-state index is 11.9. The molecule has 0 bridgehead atoms. The monoisotopic (exact) mass is 265 g/mol. The fourth-order valence-corrected chi connectivity index (χ4v) is 2.38. The number of sulfonamides is 1. The Bertz CT molecular complexity index is 615. The third kappa shape index (κ3) is 2.85. The molecule has 0 unspecified atom stereocenters. The summed E-state index contributed by atoms with van der Waals surface area (Å²) in [6, 6.07) is 9.03. The van der Waals surface area contributed by atoms with Crippen LogP contribution in [0, 0.1) is 0 Å². The SMILES string of the molecule is O=Cc1ccc(S(=O)(=O)NCc2ccco2)cc1. The molecule has 2 aromatic rings. The lowest BCUT2D eigenvalue weighted by molar-refractivity contribution is 0.112. The third-order valence-corrected chi connectivity index (χ3v) is 3.76. The first-order valence-electron chi connectivity index (χ1n) is 5.19. The predicted octanol–water partition coefficient (Wildman–Crippen LogP) is 1.57. The molecule has 6 heteroatoms. The first kappa shape index (κ1) is 12.5. The third-order valence-electron chi connectivity index (χ3n) is 2.34. The van der Waals surface area contributed by atoms with Gasteiger partial charge in [-0.2, -0.15) is 0 Å². The Hall–Kier alpha value is -1.92. The molecule has 0 saturated carbocycles. The van der Waals surface area contributed by atoms with E-state index >= 15 is 0 Å². The molecule has 1 N–H and O–H groups in total. The summed E-state index contributed by atoms with van der Waals surface area (Å²) < 4.78 is 31.2. The standard InChI is InChI=1S/C12H11NO4S/c14-9-10-3-5-12(6-4-10)18(15,16)13-8-11-2-1-7-17-11/h1-7,9,13H,8H2. The van der Waals surface area contributed by atoms with Crippen LogP contribution in [0.3, 0.4) is 0 Å². The number of hydrogen-bond donors (Lipinski definition) is 1. The zero-order valence-corrected chi connectivity index (χ0v) is 10.2. The average Bonchev–Trinajstić information content (AvgIpc) is 2.90. The second kappa shape index (κ2) is 5.16. The quantitative estimate of drug-likeness (QED) is 0.832. The fourth-order valence-electron chi connectivity index (χ4n) is 1.39. The molecule has 0 aliphatic carbocycles. The van der Waals surface area contributed by atoms with Gasteiger partial charge in [0, 0.05) is 5.56 Å². The minimum atomic E-state index is -3.59. The second-order valence-corrected chi connectivity index (χ2v) is 5.36. The molecule has 1 aromatic carbocycles. The van der Waals surface area contributed by atoms with Gasteiger partial charge in [0.15, 0.2) is 0 Å². The topological polar surface area (TPSA) is 76.4 Å². The van der Waals surface area contributed by atoms with Crippen LogP contribution in [0.4, 0.5) is 0 Å². The van der Waals surface area contributed by atoms with Crippen molar-refractivity contribution in [3.63, 3.8) is 0 Å². The molecule has 2 rings (SSSR count). The summed E-state index contributed by atoms with van der Waals surface area (Å²) in [4.78, 5) is 10.6. The summed E-state index contributed by atoms with van der Waals surface area (Å²) in [5.74, 6) is 0.531. The Morgan fingerprint density at radius 2 is 1.89 bits per heavy atom. The molecule has 0 atom stereocenters. The van der Waals surface area contributed by atoms with Crippen LogP contribution >= 0.6 is 0 Å². The van der Waals surface area contributed by atoms with Gasteiger partial charge in [0.1, 0.15) is 12.0 Å².